The Labute approximate surface area is 217 Å². The van der Waals surface area contributed by atoms with E-state index in [-0.39, 0.29) is 11.0 Å². The Balaban J connectivity index is 1.15. The van der Waals surface area contributed by atoms with E-state index in [1.54, 1.807) is 6.07 Å². The normalized spacial score (nSPS) is 28.8. The summed E-state index contributed by atoms with van der Waals surface area (Å²) in [6.45, 7) is 6.67. The van der Waals surface area contributed by atoms with Crippen molar-refractivity contribution in [3.63, 3.8) is 0 Å². The Hall–Kier alpha value is -2.61. The first-order chi connectivity index (χ1) is 17.3. The summed E-state index contributed by atoms with van der Waals surface area (Å²) in [5, 5.41) is 0.966. The maximum absolute atomic E-state index is 12.9. The number of rotatable bonds is 2. The predicted molar refractivity (Wildman–Crippen MR) is 145 cm³/mol. The zero-order valence-corrected chi connectivity index (χ0v) is 21.8. The Morgan fingerprint density at radius 1 is 1.08 bits per heavy atom. The second-order valence-electron chi connectivity index (χ2n) is 12.3. The highest BCUT2D eigenvalue weighted by Crippen LogP contribution is 2.60. The van der Waals surface area contributed by atoms with Gasteiger partial charge in [-0.05, 0) is 106 Å². The molecule has 0 radical (unpaired) electrons. The molecule has 3 heterocycles. The summed E-state index contributed by atoms with van der Waals surface area (Å²) >= 11 is 6.45. The van der Waals surface area contributed by atoms with Gasteiger partial charge >= 0.3 is 0 Å². The van der Waals surface area contributed by atoms with E-state index in [0.717, 1.165) is 23.1 Å². The van der Waals surface area contributed by atoms with Crippen LogP contribution in [0.2, 0.25) is 5.02 Å². The summed E-state index contributed by atoms with van der Waals surface area (Å²) < 4.78 is 2.17. The van der Waals surface area contributed by atoms with Crippen molar-refractivity contribution in [1.29, 1.82) is 0 Å². The van der Waals surface area contributed by atoms with Gasteiger partial charge < -0.3 is 4.90 Å². The van der Waals surface area contributed by atoms with E-state index in [2.05, 4.69) is 52.4 Å². The number of terminal acetylenes is 1. The van der Waals surface area contributed by atoms with Crippen LogP contribution in [0.5, 0.6) is 0 Å². The third kappa shape index (κ3) is 3.12. The molecule has 0 N–H and O–H groups in total. The molecule has 0 unspecified atom stereocenters. The van der Waals surface area contributed by atoms with Gasteiger partial charge in [-0.1, -0.05) is 29.8 Å². The summed E-state index contributed by atoms with van der Waals surface area (Å²) in [5.74, 6) is 4.84. The molecule has 36 heavy (non-hydrogen) atoms. The predicted octanol–water partition coefficient (Wildman–Crippen LogP) is 6.05. The molecule has 0 atom stereocenters. The van der Waals surface area contributed by atoms with Crippen molar-refractivity contribution < 1.29 is 0 Å². The first-order valence-electron chi connectivity index (χ1n) is 13.4. The number of nitrogens with zero attached hydrogens (tertiary/aromatic N) is 3. The summed E-state index contributed by atoms with van der Waals surface area (Å²) in [6, 6.07) is 13.4. The zero-order chi connectivity index (χ0) is 24.8. The minimum atomic E-state index is -0.340. The van der Waals surface area contributed by atoms with Gasteiger partial charge in [0.1, 0.15) is 5.82 Å². The van der Waals surface area contributed by atoms with E-state index in [0.29, 0.717) is 27.7 Å². The lowest BCUT2D eigenvalue weighted by Crippen LogP contribution is -2.57. The lowest BCUT2D eigenvalue weighted by molar-refractivity contribution is -0.0788. The van der Waals surface area contributed by atoms with Crippen LogP contribution in [0, 0.1) is 23.7 Å². The van der Waals surface area contributed by atoms with Gasteiger partial charge in [0.2, 0.25) is 0 Å². The topological polar surface area (TPSA) is 38.1 Å². The van der Waals surface area contributed by atoms with Crippen molar-refractivity contribution in [1.82, 2.24) is 14.5 Å². The third-order valence-corrected chi connectivity index (χ3v) is 10.1. The average Bonchev–Trinajstić information content (AvgIpc) is 3.04. The van der Waals surface area contributed by atoms with Gasteiger partial charge in [0.25, 0.3) is 5.56 Å². The molecular formula is C31H32ClN3O. The van der Waals surface area contributed by atoms with Crippen LogP contribution in [0.1, 0.15) is 75.2 Å². The van der Waals surface area contributed by atoms with Crippen molar-refractivity contribution >= 4 is 22.5 Å². The van der Waals surface area contributed by atoms with Gasteiger partial charge in [-0.2, -0.15) is 4.98 Å². The van der Waals surface area contributed by atoms with Crippen molar-refractivity contribution in [2.75, 3.05) is 13.1 Å². The van der Waals surface area contributed by atoms with E-state index in [4.69, 9.17) is 18.0 Å². The summed E-state index contributed by atoms with van der Waals surface area (Å²) in [6.07, 6.45) is 13.2. The smallest absolute Gasteiger partial charge is 0.282 e. The first-order valence-corrected chi connectivity index (χ1v) is 13.7. The number of piperidine rings is 1. The molecule has 4 aliphatic rings. The second kappa shape index (κ2) is 7.70. The maximum atomic E-state index is 12.9. The van der Waals surface area contributed by atoms with Crippen molar-refractivity contribution in [3.8, 4) is 18.0 Å². The molecule has 184 valence electrons. The fourth-order valence-corrected chi connectivity index (χ4v) is 8.01. The number of hydrogen-bond donors (Lipinski definition) is 0. The van der Waals surface area contributed by atoms with Crippen molar-refractivity contribution in [3.05, 3.63) is 68.7 Å². The van der Waals surface area contributed by atoms with Gasteiger partial charge in [-0.25, -0.2) is 0 Å². The Bertz CT molecular complexity index is 1490. The Morgan fingerprint density at radius 3 is 2.56 bits per heavy atom. The van der Waals surface area contributed by atoms with Crippen molar-refractivity contribution in [2.45, 2.75) is 69.7 Å². The molecule has 1 spiro atoms. The molecule has 4 nitrogen and oxygen atoms in total. The van der Waals surface area contributed by atoms with Crippen LogP contribution in [0.15, 0.2) is 41.2 Å². The quantitative estimate of drug-likeness (QED) is 0.404. The minimum absolute atomic E-state index is 0.246. The van der Waals surface area contributed by atoms with Gasteiger partial charge in [-0.3, -0.25) is 9.36 Å². The highest BCUT2D eigenvalue weighted by molar-refractivity contribution is 6.35. The standard InChI is InChI=1S/C31H32ClN3O/c1-4-19-15-31(16-19)17-22(18-31)34-12-10-20(11-13-34)21-8-9-23-26(14-21)35-25-7-5-6-24(32)27(25)28(36)33-29(35)30(23,2)3/h1,5-9,14,19-20,22H,10-13,15-18H2,2-3H3. The SMILES string of the molecule is C#CC1CC2(C1)CC(N1CCC(c3ccc4c(c3)-n3c(nc(=O)c5c(Cl)cccc53)C4(C)C)CC1)C2. The number of aromatic nitrogens is 2. The number of halogens is 1. The maximum Gasteiger partial charge on any atom is 0.282 e. The Kier molecular flexibility index (Phi) is 4.83. The number of benzene rings is 2. The van der Waals surface area contributed by atoms with Gasteiger partial charge in [0.15, 0.2) is 0 Å². The summed E-state index contributed by atoms with van der Waals surface area (Å²) in [5.41, 5.74) is 4.60. The van der Waals surface area contributed by atoms with Crippen LogP contribution < -0.4 is 5.56 Å². The van der Waals surface area contributed by atoms with Crippen LogP contribution in [0.4, 0.5) is 0 Å². The van der Waals surface area contributed by atoms with E-state index in [1.807, 2.05) is 12.1 Å². The molecule has 2 aliphatic heterocycles. The van der Waals surface area contributed by atoms with Crippen LogP contribution in [0.3, 0.4) is 0 Å². The third-order valence-electron chi connectivity index (χ3n) is 9.81. The minimum Gasteiger partial charge on any atom is -0.300 e. The molecule has 1 aromatic heterocycles. The molecule has 7 rings (SSSR count). The molecule has 0 bridgehead atoms. The molecule has 5 heteroatoms. The lowest BCUT2D eigenvalue weighted by Gasteiger charge is -2.59. The Morgan fingerprint density at radius 2 is 1.83 bits per heavy atom. The number of fused-ring (bicyclic) bond motifs is 5. The molecule has 1 saturated heterocycles. The largest absolute Gasteiger partial charge is 0.300 e. The van der Waals surface area contributed by atoms with E-state index < -0.39 is 0 Å². The van der Waals surface area contributed by atoms with Crippen molar-refractivity contribution in [2.24, 2.45) is 11.3 Å². The zero-order valence-electron chi connectivity index (χ0n) is 21.1. The first kappa shape index (κ1) is 22.6. The van der Waals surface area contributed by atoms with Gasteiger partial charge in [0, 0.05) is 12.0 Å². The van der Waals surface area contributed by atoms with E-state index >= 15 is 0 Å². The molecule has 2 saturated carbocycles. The molecule has 3 aromatic rings. The fraction of sp³-hybridized carbons (Fsp3) is 0.484. The van der Waals surface area contributed by atoms with E-state index in [1.165, 1.54) is 62.7 Å². The number of likely N-dealkylation sites (tertiary alicyclic amines) is 1. The van der Waals surface area contributed by atoms with Crippen LogP contribution >= 0.6 is 11.6 Å². The van der Waals surface area contributed by atoms with Crippen LogP contribution in [0.25, 0.3) is 16.6 Å². The monoisotopic (exact) mass is 497 g/mol. The molecular weight excluding hydrogens is 466 g/mol. The average molecular weight is 498 g/mol. The highest BCUT2D eigenvalue weighted by atomic mass is 35.5. The number of hydrogen-bond acceptors (Lipinski definition) is 3. The van der Waals surface area contributed by atoms with Crippen LogP contribution in [-0.2, 0) is 5.41 Å². The molecule has 2 aromatic carbocycles. The fourth-order valence-electron chi connectivity index (χ4n) is 7.76. The molecule has 0 amide bonds. The highest BCUT2D eigenvalue weighted by Gasteiger charge is 2.53. The molecule has 2 aliphatic carbocycles. The summed E-state index contributed by atoms with van der Waals surface area (Å²) in [4.78, 5) is 20.2. The van der Waals surface area contributed by atoms with E-state index in [9.17, 15) is 4.79 Å². The van der Waals surface area contributed by atoms with Gasteiger partial charge in [-0.15, -0.1) is 12.3 Å². The molecule has 3 fully saturated rings. The van der Waals surface area contributed by atoms with Crippen LogP contribution in [-0.4, -0.2) is 33.6 Å². The second-order valence-corrected chi connectivity index (χ2v) is 12.7. The van der Waals surface area contributed by atoms with Gasteiger partial charge in [0.05, 0.1) is 27.0 Å². The lowest BCUT2D eigenvalue weighted by atomic mass is 9.50. The summed E-state index contributed by atoms with van der Waals surface area (Å²) in [7, 11) is 0.